The fraction of sp³-hybridized carbons (Fsp3) is 0. The van der Waals surface area contributed by atoms with Crippen molar-refractivity contribution in [1.29, 1.82) is 0 Å². The molecule has 0 heterocycles. The zero-order chi connectivity index (χ0) is 4.00. The Morgan fingerprint density at radius 2 is 1.50 bits per heavy atom. The van der Waals surface area contributed by atoms with E-state index in [-0.39, 0.29) is 0 Å². The molecule has 0 fully saturated rings. The topological polar surface area (TPSA) is 17.1 Å². The summed E-state index contributed by atoms with van der Waals surface area (Å²) >= 11 is 3.86. The van der Waals surface area contributed by atoms with Gasteiger partial charge < -0.3 is 0 Å². The van der Waals surface area contributed by atoms with Crippen LogP contribution in [0.25, 0.3) is 0 Å². The summed E-state index contributed by atoms with van der Waals surface area (Å²) < 4.78 is 8.00. The summed E-state index contributed by atoms with van der Waals surface area (Å²) in [5.74, 6) is 0. The zero-order valence-electron chi connectivity index (χ0n) is 1.47. The van der Waals surface area contributed by atoms with E-state index in [1.165, 1.54) is 0 Å². The Balaban J connectivity index is 0. The van der Waals surface area contributed by atoms with E-state index in [2.05, 4.69) is 9.58 Å². The third-order valence-electron chi connectivity index (χ3n) is 0. The van der Waals surface area contributed by atoms with E-state index in [1.54, 1.807) is 0 Å². The molecule has 0 amide bonds. The van der Waals surface area contributed by atoms with Crippen molar-refractivity contribution < 1.29 is 39.0 Å². The van der Waals surface area contributed by atoms with Crippen LogP contribution in [0.15, 0.2) is 0 Å². The van der Waals surface area contributed by atoms with Gasteiger partial charge in [-0.1, -0.05) is 0 Å². The molecule has 4 heteroatoms. The van der Waals surface area contributed by atoms with Gasteiger partial charge in [0.2, 0.25) is 0 Å². The van der Waals surface area contributed by atoms with E-state index < -0.39 is 0 Å². The summed E-state index contributed by atoms with van der Waals surface area (Å²) in [5, 5.41) is 0. The second-order valence-corrected chi connectivity index (χ2v) is 0. The van der Waals surface area contributed by atoms with Crippen LogP contribution in [0.5, 0.6) is 0 Å². The van der Waals surface area contributed by atoms with Gasteiger partial charge in [-0.25, -0.2) is 0 Å². The van der Waals surface area contributed by atoms with Crippen molar-refractivity contribution in [3.63, 3.8) is 0 Å². The fourth-order valence-corrected chi connectivity index (χ4v) is 0. The molecular weight excluding hydrogens is 301 g/mol. The Bertz CT molecular complexity index is 10.0. The monoisotopic (exact) mass is 301 g/mol. The molecule has 0 rings (SSSR count). The van der Waals surface area contributed by atoms with Crippen molar-refractivity contribution in [2.45, 2.75) is 0 Å². The van der Waals surface area contributed by atoms with E-state index in [9.17, 15) is 0 Å². The van der Waals surface area contributed by atoms with E-state index in [4.69, 9.17) is 3.83 Å². The Labute approximate surface area is 48.4 Å². The van der Waals surface area contributed by atoms with Crippen molar-refractivity contribution >= 4 is 9.58 Å². The predicted octanol–water partition coefficient (Wildman–Crippen LogP) is 0.524. The van der Waals surface area contributed by atoms with Gasteiger partial charge in [0.05, 0.1) is 0 Å². The molecule has 0 aliphatic rings. The van der Waals surface area contributed by atoms with Crippen molar-refractivity contribution in [2.24, 2.45) is 0 Å². The van der Waals surface area contributed by atoms with Crippen LogP contribution in [0, 0.1) is 0 Å². The van der Waals surface area contributed by atoms with Crippen LogP contribution < -0.4 is 0 Å². The van der Waals surface area contributed by atoms with Crippen LogP contribution in [-0.2, 0) is 39.0 Å². The van der Waals surface area contributed by atoms with E-state index in [0.29, 0.717) is 0 Å². The molecule has 1 nitrogen and oxygen atoms in total. The van der Waals surface area contributed by atoms with Crippen LogP contribution in [0.4, 0.5) is 0 Å². The Hall–Kier alpha value is 1.28. The molecule has 4 heavy (non-hydrogen) atoms. The fourth-order valence-electron chi connectivity index (χ4n) is 0. The first-order valence-electron chi connectivity index (χ1n) is 0.267. The third-order valence-corrected chi connectivity index (χ3v) is 0. The minimum absolute atomic E-state index is 1.86. The van der Waals surface area contributed by atoms with Crippen molar-refractivity contribution in [3.8, 4) is 0 Å². The average Bonchev–Trinajstić information content (AvgIpc) is 1.50. The molecule has 0 saturated heterocycles. The van der Waals surface area contributed by atoms with Crippen molar-refractivity contribution in [2.75, 3.05) is 0 Å². The third kappa shape index (κ3) is 10.4. The molecule has 0 saturated carbocycles. The molecule has 31 valence electrons. The summed E-state index contributed by atoms with van der Waals surface area (Å²) in [6.45, 7) is 0. The molecule has 0 radical (unpaired) electrons. The summed E-state index contributed by atoms with van der Waals surface area (Å²) in [5.41, 5.74) is 0. The van der Waals surface area contributed by atoms with Gasteiger partial charge >= 0.3 is 48.5 Å². The first-order chi connectivity index (χ1) is 2.00. The molecular formula is AuFeOS. The molecule has 0 N–H and O–H groups in total. The maximum absolute atomic E-state index is 8.00. The molecule has 0 aromatic heterocycles. The van der Waals surface area contributed by atoms with Gasteiger partial charge in [-0.3, -0.25) is 0 Å². The molecule has 0 aliphatic heterocycles. The van der Waals surface area contributed by atoms with Crippen LogP contribution in [0.2, 0.25) is 0 Å². The van der Waals surface area contributed by atoms with E-state index in [1.807, 2.05) is 35.1 Å². The summed E-state index contributed by atoms with van der Waals surface area (Å²) in [7, 11) is 4.03. The summed E-state index contributed by atoms with van der Waals surface area (Å²) in [6.07, 6.45) is 0. The normalized spacial score (nSPS) is 2.75. The Morgan fingerprint density at radius 1 is 1.50 bits per heavy atom. The molecule has 0 aromatic rings. The summed E-state index contributed by atoms with van der Waals surface area (Å²) in [4.78, 5) is 0. The van der Waals surface area contributed by atoms with Crippen LogP contribution in [0.3, 0.4) is 0 Å². The van der Waals surface area contributed by atoms with Gasteiger partial charge in [0.1, 0.15) is 0 Å². The number of rotatable bonds is 0. The molecule has 0 atom stereocenters. The van der Waals surface area contributed by atoms with Gasteiger partial charge in [-0.15, -0.1) is 0 Å². The second-order valence-electron chi connectivity index (χ2n) is 0. The van der Waals surface area contributed by atoms with Crippen LogP contribution in [0.1, 0.15) is 0 Å². The average molecular weight is 301 g/mol. The predicted molar refractivity (Wildman–Crippen MR) is 8.28 cm³/mol. The molecule has 0 unspecified atom stereocenters. The van der Waals surface area contributed by atoms with Gasteiger partial charge in [-0.2, -0.15) is 0 Å². The molecule has 0 aliphatic carbocycles. The van der Waals surface area contributed by atoms with Gasteiger partial charge in [0, 0.05) is 0 Å². The quantitative estimate of drug-likeness (QED) is 0.607. The zero-order valence-corrected chi connectivity index (χ0v) is 5.56. The summed E-state index contributed by atoms with van der Waals surface area (Å²) in [6, 6.07) is 0. The Kier molecular flexibility index (Phi) is 63.2. The standard InChI is InChI=1S/Au.Fe.O.S. The number of hydrogen-bond donors (Lipinski definition) is 0. The van der Waals surface area contributed by atoms with Crippen LogP contribution in [-0.4, -0.2) is 0 Å². The van der Waals surface area contributed by atoms with Gasteiger partial charge in [0.15, 0.2) is 0 Å². The Morgan fingerprint density at radius 3 is 1.50 bits per heavy atom. The molecule has 0 spiro atoms. The second kappa shape index (κ2) is 28.1. The molecule has 0 bridgehead atoms. The van der Waals surface area contributed by atoms with Gasteiger partial charge in [-0.05, 0) is 0 Å². The minimum atomic E-state index is 1.86. The first-order valence-corrected chi connectivity index (χ1v) is 3.62. The van der Waals surface area contributed by atoms with Crippen molar-refractivity contribution in [3.05, 3.63) is 0 Å². The first kappa shape index (κ1) is 8.99. The van der Waals surface area contributed by atoms with E-state index in [0.717, 1.165) is 0 Å². The van der Waals surface area contributed by atoms with Crippen molar-refractivity contribution in [1.82, 2.24) is 0 Å². The molecule has 0 aromatic carbocycles. The van der Waals surface area contributed by atoms with Crippen LogP contribution >= 0.6 is 9.58 Å². The van der Waals surface area contributed by atoms with E-state index >= 15 is 0 Å². The number of hydrogen-bond acceptors (Lipinski definition) is 2. The van der Waals surface area contributed by atoms with Gasteiger partial charge in [0.25, 0.3) is 0 Å². The maximum atomic E-state index is 8.00. The SMILES string of the molecule is [O]=[Fe].[S]=[Au].